The largest absolute Gasteiger partial charge is 0.316 e. The third-order valence-corrected chi connectivity index (χ3v) is 3.25. The van der Waals surface area contributed by atoms with Gasteiger partial charge in [-0.05, 0) is 24.9 Å². The maximum Gasteiger partial charge on any atom is 0.0640 e. The lowest BCUT2D eigenvalue weighted by molar-refractivity contribution is 0.308. The Morgan fingerprint density at radius 3 is 2.47 bits per heavy atom. The topological polar surface area (TPSA) is 29.9 Å². The highest BCUT2D eigenvalue weighted by atomic mass is 15.2. The van der Waals surface area contributed by atoms with E-state index in [1.807, 2.05) is 25.0 Å². The fraction of sp³-hybridized carbons (Fsp3) is 0.750. The summed E-state index contributed by atoms with van der Waals surface area (Å²) in [5.74, 6) is 1.36. The van der Waals surface area contributed by atoms with E-state index in [1.54, 1.807) is 0 Å². The number of nitrogens with one attached hydrogen (secondary N) is 1. The second-order valence-corrected chi connectivity index (χ2v) is 4.68. The van der Waals surface area contributed by atoms with Crippen molar-refractivity contribution in [2.75, 3.05) is 7.05 Å². The first kappa shape index (κ1) is 12.2. The molecule has 0 spiro atoms. The first-order valence-electron chi connectivity index (χ1n) is 5.70. The molecule has 0 aliphatic rings. The molecule has 1 heterocycles. The average molecular weight is 209 g/mol. The number of aryl methyl sites for hydroxylation is 1. The molecule has 1 aromatic heterocycles. The van der Waals surface area contributed by atoms with Crippen LogP contribution in [0.1, 0.15) is 26.5 Å². The maximum absolute atomic E-state index is 4.42. The van der Waals surface area contributed by atoms with Gasteiger partial charge in [0.15, 0.2) is 0 Å². The summed E-state index contributed by atoms with van der Waals surface area (Å²) >= 11 is 0. The fourth-order valence-corrected chi connectivity index (χ4v) is 1.81. The van der Waals surface area contributed by atoms with Crippen LogP contribution in [0.2, 0.25) is 0 Å². The molecule has 0 saturated carbocycles. The number of hydrogen-bond acceptors (Lipinski definition) is 2. The van der Waals surface area contributed by atoms with Gasteiger partial charge in [-0.3, -0.25) is 4.68 Å². The predicted octanol–water partition coefficient (Wildman–Crippen LogP) is 1.84. The minimum atomic E-state index is 0.514. The highest BCUT2D eigenvalue weighted by molar-refractivity contribution is 5.02. The first-order valence-corrected chi connectivity index (χ1v) is 5.70. The van der Waals surface area contributed by atoms with Crippen molar-refractivity contribution in [3.8, 4) is 0 Å². The van der Waals surface area contributed by atoms with Crippen molar-refractivity contribution in [2.45, 2.75) is 33.2 Å². The molecule has 0 saturated heterocycles. The summed E-state index contributed by atoms with van der Waals surface area (Å²) in [6.45, 7) is 6.84. The van der Waals surface area contributed by atoms with Gasteiger partial charge >= 0.3 is 0 Å². The van der Waals surface area contributed by atoms with Crippen molar-refractivity contribution < 1.29 is 0 Å². The normalized spacial score (nSPS) is 15.6. The van der Waals surface area contributed by atoms with Crippen LogP contribution in [0.4, 0.5) is 0 Å². The molecule has 0 aliphatic carbocycles. The van der Waals surface area contributed by atoms with Gasteiger partial charge in [-0.2, -0.15) is 5.10 Å². The molecule has 15 heavy (non-hydrogen) atoms. The summed E-state index contributed by atoms with van der Waals surface area (Å²) in [7, 11) is 4.00. The molecule has 0 aromatic carbocycles. The van der Waals surface area contributed by atoms with Crippen LogP contribution in [0.5, 0.6) is 0 Å². The SMILES string of the molecule is CNC(Cc1ccn(C)n1)C(C)C(C)C. The lowest BCUT2D eigenvalue weighted by atomic mass is 9.88. The molecule has 2 unspecified atom stereocenters. The Morgan fingerprint density at radius 1 is 1.40 bits per heavy atom. The van der Waals surface area contributed by atoms with Crippen molar-refractivity contribution in [3.63, 3.8) is 0 Å². The minimum absolute atomic E-state index is 0.514. The zero-order valence-electron chi connectivity index (χ0n) is 10.5. The summed E-state index contributed by atoms with van der Waals surface area (Å²) in [5, 5.41) is 7.81. The Balaban J connectivity index is 2.61. The summed E-state index contributed by atoms with van der Waals surface area (Å²) in [6.07, 6.45) is 3.01. The van der Waals surface area contributed by atoms with E-state index in [4.69, 9.17) is 0 Å². The van der Waals surface area contributed by atoms with Gasteiger partial charge in [0.2, 0.25) is 0 Å². The van der Waals surface area contributed by atoms with Crippen molar-refractivity contribution in [1.29, 1.82) is 0 Å². The van der Waals surface area contributed by atoms with Crippen LogP contribution >= 0.6 is 0 Å². The van der Waals surface area contributed by atoms with Gasteiger partial charge in [0, 0.05) is 25.7 Å². The molecule has 0 aliphatic heterocycles. The highest BCUT2D eigenvalue weighted by Crippen LogP contribution is 2.17. The molecule has 3 heteroatoms. The van der Waals surface area contributed by atoms with Crippen molar-refractivity contribution >= 4 is 0 Å². The summed E-state index contributed by atoms with van der Waals surface area (Å²) in [6, 6.07) is 2.61. The Labute approximate surface area is 92.9 Å². The molecule has 3 nitrogen and oxygen atoms in total. The van der Waals surface area contributed by atoms with Crippen molar-refractivity contribution in [3.05, 3.63) is 18.0 Å². The van der Waals surface area contributed by atoms with Crippen LogP contribution in [0.25, 0.3) is 0 Å². The Hall–Kier alpha value is -0.830. The lowest BCUT2D eigenvalue weighted by Gasteiger charge is -2.26. The zero-order chi connectivity index (χ0) is 11.4. The van der Waals surface area contributed by atoms with Crippen molar-refractivity contribution in [2.24, 2.45) is 18.9 Å². The minimum Gasteiger partial charge on any atom is -0.316 e. The molecule has 0 fully saturated rings. The van der Waals surface area contributed by atoms with E-state index in [-0.39, 0.29) is 0 Å². The van der Waals surface area contributed by atoms with E-state index in [2.05, 4.69) is 37.3 Å². The molecule has 0 amide bonds. The van der Waals surface area contributed by atoms with Crippen molar-refractivity contribution in [1.82, 2.24) is 15.1 Å². The number of likely N-dealkylation sites (N-methyl/N-ethyl adjacent to an activating group) is 1. The monoisotopic (exact) mass is 209 g/mol. The van der Waals surface area contributed by atoms with Crippen LogP contribution in [-0.4, -0.2) is 22.9 Å². The van der Waals surface area contributed by atoms with E-state index in [0.29, 0.717) is 17.9 Å². The second kappa shape index (κ2) is 5.31. The van der Waals surface area contributed by atoms with Gasteiger partial charge in [0.25, 0.3) is 0 Å². The Bertz CT molecular complexity index is 291. The third kappa shape index (κ3) is 3.34. The van der Waals surface area contributed by atoms with E-state index >= 15 is 0 Å². The van der Waals surface area contributed by atoms with Gasteiger partial charge in [0.05, 0.1) is 5.69 Å². The van der Waals surface area contributed by atoms with Crippen LogP contribution in [-0.2, 0) is 13.5 Å². The molecule has 2 atom stereocenters. The summed E-state index contributed by atoms with van der Waals surface area (Å²) in [4.78, 5) is 0. The molecule has 1 aromatic rings. The summed E-state index contributed by atoms with van der Waals surface area (Å²) < 4.78 is 1.86. The molecule has 1 N–H and O–H groups in total. The molecular formula is C12H23N3. The van der Waals surface area contributed by atoms with E-state index in [0.717, 1.165) is 6.42 Å². The van der Waals surface area contributed by atoms with E-state index in [1.165, 1.54) is 5.69 Å². The van der Waals surface area contributed by atoms with Crippen LogP contribution in [0.3, 0.4) is 0 Å². The zero-order valence-corrected chi connectivity index (χ0v) is 10.5. The second-order valence-electron chi connectivity index (χ2n) is 4.68. The molecule has 0 radical (unpaired) electrons. The number of hydrogen-bond donors (Lipinski definition) is 1. The Kier molecular flexibility index (Phi) is 4.33. The summed E-state index contributed by atoms with van der Waals surface area (Å²) in [5.41, 5.74) is 1.17. The fourth-order valence-electron chi connectivity index (χ4n) is 1.81. The van der Waals surface area contributed by atoms with Crippen LogP contribution in [0, 0.1) is 11.8 Å². The smallest absolute Gasteiger partial charge is 0.0640 e. The van der Waals surface area contributed by atoms with E-state index in [9.17, 15) is 0 Å². The first-order chi connectivity index (χ1) is 7.04. The predicted molar refractivity (Wildman–Crippen MR) is 63.8 cm³/mol. The van der Waals surface area contributed by atoms with Gasteiger partial charge < -0.3 is 5.32 Å². The van der Waals surface area contributed by atoms with Gasteiger partial charge in [-0.25, -0.2) is 0 Å². The average Bonchev–Trinajstić information content (AvgIpc) is 2.59. The molecule has 0 bridgehead atoms. The third-order valence-electron chi connectivity index (χ3n) is 3.25. The molecule has 1 rings (SSSR count). The van der Waals surface area contributed by atoms with Gasteiger partial charge in [0.1, 0.15) is 0 Å². The van der Waals surface area contributed by atoms with Gasteiger partial charge in [-0.15, -0.1) is 0 Å². The van der Waals surface area contributed by atoms with E-state index < -0.39 is 0 Å². The standard InChI is InChI=1S/C12H23N3/c1-9(2)10(3)12(13-4)8-11-6-7-15(5)14-11/h6-7,9-10,12-13H,8H2,1-5H3. The number of rotatable bonds is 5. The molecule has 86 valence electrons. The quantitative estimate of drug-likeness (QED) is 0.802. The number of nitrogens with zero attached hydrogens (tertiary/aromatic N) is 2. The molecular weight excluding hydrogens is 186 g/mol. The van der Waals surface area contributed by atoms with Crippen LogP contribution in [0.15, 0.2) is 12.3 Å². The lowest BCUT2D eigenvalue weighted by Crippen LogP contribution is -2.36. The Morgan fingerprint density at radius 2 is 2.07 bits per heavy atom. The van der Waals surface area contributed by atoms with Gasteiger partial charge in [-0.1, -0.05) is 20.8 Å². The van der Waals surface area contributed by atoms with Crippen LogP contribution < -0.4 is 5.32 Å². The maximum atomic E-state index is 4.42. The highest BCUT2D eigenvalue weighted by Gasteiger charge is 2.19. The number of aromatic nitrogens is 2.